The van der Waals surface area contributed by atoms with E-state index in [-0.39, 0.29) is 5.91 Å². The number of nitrogens with zero attached hydrogens (tertiary/aromatic N) is 2. The molecule has 0 bridgehead atoms. The lowest BCUT2D eigenvalue weighted by Gasteiger charge is -2.08. The van der Waals surface area contributed by atoms with Crippen molar-refractivity contribution in [3.8, 4) is 0 Å². The van der Waals surface area contributed by atoms with E-state index in [2.05, 4.69) is 32.7 Å². The summed E-state index contributed by atoms with van der Waals surface area (Å²) in [6.07, 6.45) is 3.36. The third-order valence-corrected chi connectivity index (χ3v) is 4.46. The molecule has 2 aromatic carbocycles. The minimum atomic E-state index is -0.260. The largest absolute Gasteiger partial charge is 0.370 e. The van der Waals surface area contributed by atoms with Crippen LogP contribution < -0.4 is 10.6 Å². The van der Waals surface area contributed by atoms with Crippen LogP contribution in [0.3, 0.4) is 0 Å². The Kier molecular flexibility index (Phi) is 6.77. The highest BCUT2D eigenvalue weighted by atomic mass is 35.5. The fourth-order valence-corrected chi connectivity index (χ4v) is 2.84. The number of carbonyl (C=O) groups excluding carboxylic acids is 1. The Morgan fingerprint density at radius 3 is 2.59 bits per heavy atom. The Balaban J connectivity index is 1.49. The second-order valence-electron chi connectivity index (χ2n) is 6.08. The van der Waals surface area contributed by atoms with E-state index in [0.29, 0.717) is 23.1 Å². The van der Waals surface area contributed by atoms with Gasteiger partial charge in [0, 0.05) is 24.2 Å². The van der Waals surface area contributed by atoms with Gasteiger partial charge in [0.1, 0.15) is 17.8 Å². The zero-order chi connectivity index (χ0) is 18.9. The molecule has 0 atom stereocenters. The standard InChI is InChI=1S/C21H21ClN4O/c22-18-11-5-4-10-17(18)14-24-21(27)19-13-20(26-15-25-19)23-12-6-9-16-7-2-1-3-8-16/h1-5,7-8,10-11,13,15H,6,9,12,14H2,(H,24,27)(H,23,25,26). The minimum Gasteiger partial charge on any atom is -0.370 e. The van der Waals surface area contributed by atoms with Gasteiger partial charge in [0.25, 0.3) is 5.91 Å². The van der Waals surface area contributed by atoms with E-state index in [4.69, 9.17) is 11.6 Å². The number of amides is 1. The maximum absolute atomic E-state index is 12.3. The molecule has 1 heterocycles. The second kappa shape index (κ2) is 9.69. The molecule has 6 heteroatoms. The third-order valence-electron chi connectivity index (χ3n) is 4.09. The van der Waals surface area contributed by atoms with Crippen molar-refractivity contribution < 1.29 is 4.79 Å². The number of hydrogen-bond donors (Lipinski definition) is 2. The summed E-state index contributed by atoms with van der Waals surface area (Å²) >= 11 is 6.11. The summed E-state index contributed by atoms with van der Waals surface area (Å²) in [6.45, 7) is 1.12. The molecule has 0 aliphatic rings. The average molecular weight is 381 g/mol. The van der Waals surface area contributed by atoms with Gasteiger partial charge in [-0.05, 0) is 30.0 Å². The molecule has 3 rings (SSSR count). The Labute approximate surface area is 163 Å². The van der Waals surface area contributed by atoms with Crippen LogP contribution in [0.2, 0.25) is 5.02 Å². The molecule has 0 spiro atoms. The molecule has 27 heavy (non-hydrogen) atoms. The predicted octanol–water partition coefficient (Wildman–Crippen LogP) is 4.10. The van der Waals surface area contributed by atoms with Crippen molar-refractivity contribution in [1.82, 2.24) is 15.3 Å². The first kappa shape index (κ1) is 18.9. The average Bonchev–Trinajstić information content (AvgIpc) is 2.71. The summed E-state index contributed by atoms with van der Waals surface area (Å²) in [5.41, 5.74) is 2.49. The molecule has 0 radical (unpaired) electrons. The Hall–Kier alpha value is -2.92. The van der Waals surface area contributed by atoms with Gasteiger partial charge in [-0.25, -0.2) is 9.97 Å². The van der Waals surface area contributed by atoms with Crippen LogP contribution >= 0.6 is 11.6 Å². The topological polar surface area (TPSA) is 66.9 Å². The molecule has 0 aliphatic heterocycles. The molecule has 0 unspecified atom stereocenters. The molecule has 1 amide bonds. The number of rotatable bonds is 8. The van der Waals surface area contributed by atoms with Crippen molar-refractivity contribution in [3.63, 3.8) is 0 Å². The number of anilines is 1. The van der Waals surface area contributed by atoms with Crippen molar-refractivity contribution in [2.24, 2.45) is 0 Å². The summed E-state index contributed by atoms with van der Waals surface area (Å²) in [6, 6.07) is 19.4. The van der Waals surface area contributed by atoms with Gasteiger partial charge < -0.3 is 10.6 Å². The number of benzene rings is 2. The summed E-state index contributed by atoms with van der Waals surface area (Å²) in [5.74, 6) is 0.380. The van der Waals surface area contributed by atoms with Gasteiger partial charge in [-0.2, -0.15) is 0 Å². The monoisotopic (exact) mass is 380 g/mol. The van der Waals surface area contributed by atoms with Crippen LogP contribution in [0.1, 0.15) is 28.0 Å². The van der Waals surface area contributed by atoms with Crippen molar-refractivity contribution in [2.45, 2.75) is 19.4 Å². The molecule has 2 N–H and O–H groups in total. The van der Waals surface area contributed by atoms with E-state index in [1.807, 2.05) is 36.4 Å². The van der Waals surface area contributed by atoms with E-state index in [0.717, 1.165) is 24.9 Å². The summed E-state index contributed by atoms with van der Waals surface area (Å²) in [4.78, 5) is 20.6. The molecule has 0 aliphatic carbocycles. The van der Waals surface area contributed by atoms with Crippen LogP contribution in [-0.2, 0) is 13.0 Å². The maximum atomic E-state index is 12.3. The van der Waals surface area contributed by atoms with E-state index >= 15 is 0 Å². The SMILES string of the molecule is O=C(NCc1ccccc1Cl)c1cc(NCCCc2ccccc2)ncn1. The maximum Gasteiger partial charge on any atom is 0.270 e. The van der Waals surface area contributed by atoms with Gasteiger partial charge >= 0.3 is 0 Å². The first-order chi connectivity index (χ1) is 13.2. The summed E-state index contributed by atoms with van der Waals surface area (Å²) in [7, 11) is 0. The Morgan fingerprint density at radius 1 is 1.00 bits per heavy atom. The smallest absolute Gasteiger partial charge is 0.270 e. The van der Waals surface area contributed by atoms with Crippen LogP contribution in [0.15, 0.2) is 67.0 Å². The van der Waals surface area contributed by atoms with Gasteiger partial charge in [0.05, 0.1) is 0 Å². The van der Waals surface area contributed by atoms with Gasteiger partial charge in [-0.3, -0.25) is 4.79 Å². The lowest BCUT2D eigenvalue weighted by molar-refractivity contribution is 0.0946. The number of nitrogens with one attached hydrogen (secondary N) is 2. The van der Waals surface area contributed by atoms with E-state index in [9.17, 15) is 4.79 Å². The van der Waals surface area contributed by atoms with Crippen molar-refractivity contribution in [1.29, 1.82) is 0 Å². The molecule has 0 saturated carbocycles. The molecule has 0 fully saturated rings. The highest BCUT2D eigenvalue weighted by Crippen LogP contribution is 2.14. The highest BCUT2D eigenvalue weighted by molar-refractivity contribution is 6.31. The van der Waals surface area contributed by atoms with Gasteiger partial charge in [-0.1, -0.05) is 60.1 Å². The normalized spacial score (nSPS) is 10.4. The first-order valence-corrected chi connectivity index (χ1v) is 9.21. The van der Waals surface area contributed by atoms with E-state index < -0.39 is 0 Å². The number of carbonyl (C=O) groups is 1. The van der Waals surface area contributed by atoms with Gasteiger partial charge in [0.2, 0.25) is 0 Å². The molecule has 1 aromatic heterocycles. The zero-order valence-corrected chi connectivity index (χ0v) is 15.6. The predicted molar refractivity (Wildman–Crippen MR) is 108 cm³/mol. The molecular formula is C21H21ClN4O. The summed E-state index contributed by atoms with van der Waals surface area (Å²) in [5, 5.41) is 6.70. The van der Waals surface area contributed by atoms with Crippen LogP contribution in [0, 0.1) is 0 Å². The van der Waals surface area contributed by atoms with E-state index in [1.165, 1.54) is 11.9 Å². The summed E-state index contributed by atoms with van der Waals surface area (Å²) < 4.78 is 0. The lowest BCUT2D eigenvalue weighted by atomic mass is 10.1. The quantitative estimate of drug-likeness (QED) is 0.577. The van der Waals surface area contributed by atoms with Gasteiger partial charge in [-0.15, -0.1) is 0 Å². The highest BCUT2D eigenvalue weighted by Gasteiger charge is 2.09. The number of halogens is 1. The van der Waals surface area contributed by atoms with Crippen LogP contribution in [0.4, 0.5) is 5.82 Å². The zero-order valence-electron chi connectivity index (χ0n) is 14.9. The second-order valence-corrected chi connectivity index (χ2v) is 6.49. The molecule has 0 saturated heterocycles. The molecule has 138 valence electrons. The number of aryl methyl sites for hydroxylation is 1. The van der Waals surface area contributed by atoms with Crippen LogP contribution in [0.25, 0.3) is 0 Å². The fourth-order valence-electron chi connectivity index (χ4n) is 2.64. The fraction of sp³-hybridized carbons (Fsp3) is 0.190. The van der Waals surface area contributed by atoms with Crippen molar-refractivity contribution in [2.75, 3.05) is 11.9 Å². The molecule has 5 nitrogen and oxygen atoms in total. The number of hydrogen-bond acceptors (Lipinski definition) is 4. The molecule has 3 aromatic rings. The Bertz CT molecular complexity index is 886. The van der Waals surface area contributed by atoms with E-state index in [1.54, 1.807) is 12.1 Å². The van der Waals surface area contributed by atoms with Crippen LogP contribution in [0.5, 0.6) is 0 Å². The minimum absolute atomic E-state index is 0.260. The Morgan fingerprint density at radius 2 is 1.78 bits per heavy atom. The van der Waals surface area contributed by atoms with Crippen LogP contribution in [-0.4, -0.2) is 22.4 Å². The first-order valence-electron chi connectivity index (χ1n) is 8.84. The van der Waals surface area contributed by atoms with Crippen molar-refractivity contribution >= 4 is 23.3 Å². The van der Waals surface area contributed by atoms with Crippen molar-refractivity contribution in [3.05, 3.63) is 88.8 Å². The lowest BCUT2D eigenvalue weighted by Crippen LogP contribution is -2.24. The molecular weight excluding hydrogens is 360 g/mol. The third kappa shape index (κ3) is 5.79. The number of aromatic nitrogens is 2. The van der Waals surface area contributed by atoms with Gasteiger partial charge in [0.15, 0.2) is 0 Å².